The van der Waals surface area contributed by atoms with Gasteiger partial charge in [-0.3, -0.25) is 4.79 Å². The molecule has 2 aromatic heterocycles. The van der Waals surface area contributed by atoms with Gasteiger partial charge in [-0.15, -0.1) is 16.4 Å². The Kier molecular flexibility index (Phi) is 4.33. The second-order valence-corrected chi connectivity index (χ2v) is 7.60. The van der Waals surface area contributed by atoms with E-state index in [1.54, 1.807) is 23.5 Å². The van der Waals surface area contributed by atoms with E-state index < -0.39 is 0 Å². The summed E-state index contributed by atoms with van der Waals surface area (Å²) in [7, 11) is 0. The number of hydrogen-bond donors (Lipinski definition) is 0. The Balaban J connectivity index is 1.53. The molecule has 25 heavy (non-hydrogen) atoms. The second-order valence-electron chi connectivity index (χ2n) is 5.55. The van der Waals surface area contributed by atoms with Crippen molar-refractivity contribution in [3.63, 3.8) is 0 Å². The van der Waals surface area contributed by atoms with Crippen LogP contribution in [0.15, 0.2) is 63.0 Å². The van der Waals surface area contributed by atoms with Crippen LogP contribution in [0.3, 0.4) is 0 Å². The molecule has 0 aliphatic heterocycles. The minimum absolute atomic E-state index is 0.131. The lowest BCUT2D eigenvalue weighted by molar-refractivity contribution is 0.645. The fourth-order valence-electron chi connectivity index (χ4n) is 2.40. The van der Waals surface area contributed by atoms with E-state index in [-0.39, 0.29) is 5.56 Å². The van der Waals surface area contributed by atoms with Crippen LogP contribution in [0.1, 0.15) is 5.56 Å². The van der Waals surface area contributed by atoms with E-state index in [9.17, 15) is 4.79 Å². The van der Waals surface area contributed by atoms with Gasteiger partial charge in [-0.2, -0.15) is 4.68 Å². The first-order valence-electron chi connectivity index (χ1n) is 7.68. The number of benzene rings is 2. The molecule has 0 unspecified atom stereocenters. The summed E-state index contributed by atoms with van der Waals surface area (Å²) in [5.74, 6) is 0.386. The minimum atomic E-state index is -0.131. The number of hydrogen-bond acceptors (Lipinski definition) is 6. The van der Waals surface area contributed by atoms with Crippen molar-refractivity contribution in [3.05, 3.63) is 69.8 Å². The molecular weight excluding hydrogens is 352 g/mol. The topological polar surface area (TPSA) is 60.7 Å². The zero-order valence-corrected chi connectivity index (χ0v) is 15.0. The first kappa shape index (κ1) is 16.0. The normalized spacial score (nSPS) is 11.1. The minimum Gasteiger partial charge on any atom is -0.267 e. The third-order valence-electron chi connectivity index (χ3n) is 3.77. The maximum Gasteiger partial charge on any atom is 0.278 e. The zero-order chi connectivity index (χ0) is 17.2. The third-order valence-corrected chi connectivity index (χ3v) is 5.76. The lowest BCUT2D eigenvalue weighted by atomic mass is 10.1. The number of fused-ring (bicyclic) bond motifs is 1. The van der Waals surface area contributed by atoms with Crippen LogP contribution >= 0.6 is 23.1 Å². The SMILES string of the molecule is Cc1ccc(-c2csc(SCn3nnc4ccccc4c3=O)n2)cc1. The van der Waals surface area contributed by atoms with E-state index in [1.165, 1.54) is 22.0 Å². The van der Waals surface area contributed by atoms with Crippen molar-refractivity contribution < 1.29 is 0 Å². The van der Waals surface area contributed by atoms with Crippen LogP contribution in [-0.2, 0) is 5.88 Å². The average Bonchev–Trinajstić information content (AvgIpc) is 3.11. The molecule has 0 aliphatic carbocycles. The highest BCUT2D eigenvalue weighted by Crippen LogP contribution is 2.28. The highest BCUT2D eigenvalue weighted by Gasteiger charge is 2.08. The molecule has 4 rings (SSSR count). The molecule has 0 radical (unpaired) electrons. The number of thiazole rings is 1. The van der Waals surface area contributed by atoms with Gasteiger partial charge < -0.3 is 0 Å². The Morgan fingerprint density at radius 2 is 1.92 bits per heavy atom. The summed E-state index contributed by atoms with van der Waals surface area (Å²) >= 11 is 3.05. The average molecular weight is 366 g/mol. The smallest absolute Gasteiger partial charge is 0.267 e. The molecule has 124 valence electrons. The van der Waals surface area contributed by atoms with Crippen LogP contribution in [0.25, 0.3) is 22.2 Å². The number of thioether (sulfide) groups is 1. The number of nitrogens with zero attached hydrogens (tertiary/aromatic N) is 4. The van der Waals surface area contributed by atoms with Gasteiger partial charge in [-0.1, -0.05) is 58.9 Å². The van der Waals surface area contributed by atoms with Crippen molar-refractivity contribution >= 4 is 34.0 Å². The predicted molar refractivity (Wildman–Crippen MR) is 102 cm³/mol. The Labute approximate surface area is 152 Å². The first-order valence-corrected chi connectivity index (χ1v) is 9.55. The molecule has 2 aromatic carbocycles. The molecule has 4 aromatic rings. The first-order chi connectivity index (χ1) is 12.2. The van der Waals surface area contributed by atoms with E-state index in [0.717, 1.165) is 15.6 Å². The summed E-state index contributed by atoms with van der Waals surface area (Å²) in [4.78, 5) is 17.1. The van der Waals surface area contributed by atoms with Gasteiger partial charge >= 0.3 is 0 Å². The van der Waals surface area contributed by atoms with E-state index in [0.29, 0.717) is 16.8 Å². The molecule has 0 bridgehead atoms. The molecule has 0 fully saturated rings. The van der Waals surface area contributed by atoms with Gasteiger partial charge in [0.2, 0.25) is 0 Å². The van der Waals surface area contributed by atoms with Crippen LogP contribution in [0.5, 0.6) is 0 Å². The molecule has 2 heterocycles. The monoisotopic (exact) mass is 366 g/mol. The van der Waals surface area contributed by atoms with Crippen molar-refractivity contribution in [2.45, 2.75) is 17.1 Å². The Bertz CT molecular complexity index is 1090. The maximum atomic E-state index is 12.4. The Morgan fingerprint density at radius 1 is 1.12 bits per heavy atom. The number of aryl methyl sites for hydroxylation is 1. The molecule has 0 amide bonds. The number of rotatable bonds is 4. The predicted octanol–water partition coefficient (Wildman–Crippen LogP) is 3.97. The van der Waals surface area contributed by atoms with Gasteiger partial charge in [0.15, 0.2) is 4.34 Å². The van der Waals surface area contributed by atoms with Crippen molar-refractivity contribution in [1.82, 2.24) is 20.0 Å². The quantitative estimate of drug-likeness (QED) is 0.511. The highest BCUT2D eigenvalue weighted by molar-refractivity contribution is 8.00. The Morgan fingerprint density at radius 3 is 2.76 bits per heavy atom. The van der Waals surface area contributed by atoms with Gasteiger partial charge in [0.1, 0.15) is 5.52 Å². The maximum absolute atomic E-state index is 12.4. The summed E-state index contributed by atoms with van der Waals surface area (Å²) in [6, 6.07) is 15.5. The second kappa shape index (κ2) is 6.78. The van der Waals surface area contributed by atoms with Crippen LogP contribution in [0, 0.1) is 6.92 Å². The van der Waals surface area contributed by atoms with Gasteiger partial charge in [-0.05, 0) is 19.1 Å². The summed E-state index contributed by atoms with van der Waals surface area (Å²) < 4.78 is 2.28. The largest absolute Gasteiger partial charge is 0.278 e. The molecule has 0 N–H and O–H groups in total. The van der Waals surface area contributed by atoms with E-state index in [1.807, 2.05) is 17.5 Å². The summed E-state index contributed by atoms with van der Waals surface area (Å²) in [6.07, 6.45) is 0. The fraction of sp³-hybridized carbons (Fsp3) is 0.111. The fourth-order valence-corrected chi connectivity index (χ4v) is 4.10. The van der Waals surface area contributed by atoms with Crippen LogP contribution in [0.2, 0.25) is 0 Å². The van der Waals surface area contributed by atoms with Crippen molar-refractivity contribution in [2.24, 2.45) is 0 Å². The number of aromatic nitrogens is 4. The lowest BCUT2D eigenvalue weighted by Crippen LogP contribution is -2.23. The molecule has 5 nitrogen and oxygen atoms in total. The molecule has 0 saturated heterocycles. The van der Waals surface area contributed by atoms with E-state index in [2.05, 4.69) is 46.5 Å². The highest BCUT2D eigenvalue weighted by atomic mass is 32.2. The zero-order valence-electron chi connectivity index (χ0n) is 13.4. The molecule has 0 atom stereocenters. The summed E-state index contributed by atoms with van der Waals surface area (Å²) in [5, 5.41) is 10.7. The van der Waals surface area contributed by atoms with Gasteiger partial charge in [0, 0.05) is 10.9 Å². The molecule has 0 spiro atoms. The van der Waals surface area contributed by atoms with Crippen molar-refractivity contribution in [1.29, 1.82) is 0 Å². The van der Waals surface area contributed by atoms with Crippen LogP contribution in [-0.4, -0.2) is 20.0 Å². The molecular formula is C18H14N4OS2. The van der Waals surface area contributed by atoms with Crippen LogP contribution in [0.4, 0.5) is 0 Å². The summed E-state index contributed by atoms with van der Waals surface area (Å²) in [5.41, 5.74) is 3.75. The van der Waals surface area contributed by atoms with Gasteiger partial charge in [0.25, 0.3) is 5.56 Å². The van der Waals surface area contributed by atoms with Crippen molar-refractivity contribution in [3.8, 4) is 11.3 Å². The van der Waals surface area contributed by atoms with Gasteiger partial charge in [0.05, 0.1) is 17.0 Å². The Hall–Kier alpha value is -2.51. The third kappa shape index (κ3) is 3.33. The van der Waals surface area contributed by atoms with E-state index >= 15 is 0 Å². The van der Waals surface area contributed by atoms with E-state index in [4.69, 9.17) is 0 Å². The lowest BCUT2D eigenvalue weighted by Gasteiger charge is -2.02. The summed E-state index contributed by atoms with van der Waals surface area (Å²) in [6.45, 7) is 2.06. The molecule has 0 saturated carbocycles. The molecule has 7 heteroatoms. The van der Waals surface area contributed by atoms with Gasteiger partial charge in [-0.25, -0.2) is 4.98 Å². The standard InChI is InChI=1S/C18H14N4OS2/c1-12-6-8-13(9-7-12)16-10-24-18(19-16)25-11-22-17(23)14-4-2-3-5-15(14)20-21-22/h2-10H,11H2,1H3. The van der Waals surface area contributed by atoms with Crippen molar-refractivity contribution in [2.75, 3.05) is 0 Å². The molecule has 0 aliphatic rings. The van der Waals surface area contributed by atoms with Crippen LogP contribution < -0.4 is 5.56 Å².